The zero-order chi connectivity index (χ0) is 24.5. The van der Waals surface area contributed by atoms with Crippen molar-refractivity contribution in [1.82, 2.24) is 0 Å². The molecule has 10 heteroatoms. The van der Waals surface area contributed by atoms with Crippen molar-refractivity contribution in [1.29, 1.82) is 0 Å². The molecule has 4 atom stereocenters. The van der Waals surface area contributed by atoms with Crippen molar-refractivity contribution in [2.24, 2.45) is 0 Å². The van der Waals surface area contributed by atoms with E-state index in [1.807, 2.05) is 12.1 Å². The largest absolute Gasteiger partial charge is 0.463 e. The number of fused-ring (bicyclic) bond motifs is 1. The maximum atomic E-state index is 13.9. The second-order valence-corrected chi connectivity index (χ2v) is 11.5. The van der Waals surface area contributed by atoms with E-state index in [0.717, 1.165) is 5.56 Å². The van der Waals surface area contributed by atoms with Crippen LogP contribution in [0.1, 0.15) is 42.6 Å². The Bertz CT molecular complexity index is 1040. The molecule has 3 aliphatic rings. The summed E-state index contributed by atoms with van der Waals surface area (Å²) in [4.78, 5) is 13.0. The highest BCUT2D eigenvalue weighted by Gasteiger charge is 2.53. The van der Waals surface area contributed by atoms with Crippen LogP contribution in [0.15, 0.2) is 29.8 Å². The van der Waals surface area contributed by atoms with E-state index in [-0.39, 0.29) is 38.2 Å². The van der Waals surface area contributed by atoms with Crippen molar-refractivity contribution in [3.05, 3.63) is 46.0 Å². The van der Waals surface area contributed by atoms with E-state index < -0.39 is 44.3 Å². The predicted molar refractivity (Wildman–Crippen MR) is 125 cm³/mol. The summed E-state index contributed by atoms with van der Waals surface area (Å²) in [6.45, 7) is 2.35. The molecule has 1 aliphatic heterocycles. The third-order valence-electron chi connectivity index (χ3n) is 6.70. The SMILES string of the molecule is CCOC(=O)C1=CC2(CC[C@H]1S(=O)(=O)[C@H]1CCc3cccc(Cl)c31)O[C@H](COC)[C@@H](COC)O2. The molecule has 8 nitrogen and oxygen atoms in total. The first-order valence-electron chi connectivity index (χ1n) is 11.5. The minimum atomic E-state index is -3.82. The molecule has 188 valence electrons. The monoisotopic (exact) mass is 514 g/mol. The molecule has 0 unspecified atom stereocenters. The lowest BCUT2D eigenvalue weighted by molar-refractivity contribution is -0.155. The number of methoxy groups -OCH3 is 2. The molecule has 0 aromatic heterocycles. The average molecular weight is 515 g/mol. The number of ether oxygens (including phenoxy) is 5. The van der Waals surface area contributed by atoms with Crippen molar-refractivity contribution < 1.29 is 36.9 Å². The number of halogens is 1. The predicted octanol–water partition coefficient (Wildman–Crippen LogP) is 3.17. The zero-order valence-corrected chi connectivity index (χ0v) is 21.2. The van der Waals surface area contributed by atoms with Gasteiger partial charge >= 0.3 is 5.97 Å². The van der Waals surface area contributed by atoms with Gasteiger partial charge in [0.2, 0.25) is 0 Å². The minimum Gasteiger partial charge on any atom is -0.463 e. The van der Waals surface area contributed by atoms with Crippen molar-refractivity contribution in [3.63, 3.8) is 0 Å². The second-order valence-electron chi connectivity index (χ2n) is 8.81. The van der Waals surface area contributed by atoms with E-state index in [1.54, 1.807) is 27.2 Å². The smallest absolute Gasteiger partial charge is 0.335 e. The van der Waals surface area contributed by atoms with Gasteiger partial charge in [-0.3, -0.25) is 0 Å². The van der Waals surface area contributed by atoms with Crippen LogP contribution in [0.4, 0.5) is 0 Å². The van der Waals surface area contributed by atoms with Gasteiger partial charge in [0.1, 0.15) is 12.2 Å². The Morgan fingerprint density at radius 2 is 1.79 bits per heavy atom. The normalized spacial score (nSPS) is 28.1. The molecule has 1 aromatic rings. The number of aryl methyl sites for hydroxylation is 1. The van der Waals surface area contributed by atoms with E-state index in [4.69, 9.17) is 35.3 Å². The van der Waals surface area contributed by atoms with Gasteiger partial charge in [0, 0.05) is 25.7 Å². The van der Waals surface area contributed by atoms with Crippen molar-refractivity contribution in [2.75, 3.05) is 34.0 Å². The highest BCUT2D eigenvalue weighted by Crippen LogP contribution is 2.47. The first kappa shape index (κ1) is 25.6. The lowest BCUT2D eigenvalue weighted by Crippen LogP contribution is -2.42. The van der Waals surface area contributed by atoms with E-state index in [1.165, 1.54) is 6.08 Å². The van der Waals surface area contributed by atoms with Crippen molar-refractivity contribution in [3.8, 4) is 0 Å². The van der Waals surface area contributed by atoms with Gasteiger partial charge in [-0.2, -0.15) is 0 Å². The van der Waals surface area contributed by atoms with Gasteiger partial charge in [-0.25, -0.2) is 13.2 Å². The number of carbonyl (C=O) groups excluding carboxylic acids is 1. The summed E-state index contributed by atoms with van der Waals surface area (Å²) in [5.41, 5.74) is 1.62. The molecule has 1 heterocycles. The lowest BCUT2D eigenvalue weighted by atomic mass is 9.94. The van der Waals surface area contributed by atoms with Crippen LogP contribution in [0.5, 0.6) is 0 Å². The van der Waals surface area contributed by atoms with Crippen LogP contribution in [0.25, 0.3) is 0 Å². The summed E-state index contributed by atoms with van der Waals surface area (Å²) < 4.78 is 56.0. The lowest BCUT2D eigenvalue weighted by Gasteiger charge is -2.35. The minimum absolute atomic E-state index is 0.0443. The van der Waals surface area contributed by atoms with Gasteiger partial charge < -0.3 is 23.7 Å². The quantitative estimate of drug-likeness (QED) is 0.488. The summed E-state index contributed by atoms with van der Waals surface area (Å²) in [7, 11) is -0.695. The van der Waals surface area contributed by atoms with E-state index in [9.17, 15) is 13.2 Å². The molecule has 0 radical (unpaired) electrons. The number of hydrogen-bond donors (Lipinski definition) is 0. The number of hydrogen-bond acceptors (Lipinski definition) is 8. The van der Waals surface area contributed by atoms with Crippen LogP contribution in [0.3, 0.4) is 0 Å². The van der Waals surface area contributed by atoms with Gasteiger partial charge in [-0.05, 0) is 49.5 Å². The molecule has 0 saturated carbocycles. The Balaban J connectivity index is 1.70. The van der Waals surface area contributed by atoms with E-state index in [2.05, 4.69) is 0 Å². The number of sulfone groups is 1. The molecule has 1 aromatic carbocycles. The highest BCUT2D eigenvalue weighted by molar-refractivity contribution is 7.92. The van der Waals surface area contributed by atoms with Gasteiger partial charge in [-0.1, -0.05) is 23.7 Å². The molecule has 1 saturated heterocycles. The summed E-state index contributed by atoms with van der Waals surface area (Å²) in [6.07, 6.45) is 2.13. The number of carbonyl (C=O) groups is 1. The van der Waals surface area contributed by atoms with Crippen molar-refractivity contribution >= 4 is 27.4 Å². The van der Waals surface area contributed by atoms with Crippen LogP contribution in [0.2, 0.25) is 5.02 Å². The molecule has 0 N–H and O–H groups in total. The van der Waals surface area contributed by atoms with Gasteiger partial charge in [0.25, 0.3) is 0 Å². The fourth-order valence-electron chi connectivity index (χ4n) is 5.24. The van der Waals surface area contributed by atoms with Crippen molar-refractivity contribution in [2.45, 2.75) is 61.1 Å². The Morgan fingerprint density at radius 1 is 1.12 bits per heavy atom. The molecule has 34 heavy (non-hydrogen) atoms. The molecule has 1 fully saturated rings. The fraction of sp³-hybridized carbons (Fsp3) is 0.625. The summed E-state index contributed by atoms with van der Waals surface area (Å²) in [6, 6.07) is 5.44. The van der Waals surface area contributed by atoms with Crippen LogP contribution >= 0.6 is 11.6 Å². The maximum Gasteiger partial charge on any atom is 0.335 e. The Morgan fingerprint density at radius 3 is 2.41 bits per heavy atom. The number of benzene rings is 1. The fourth-order valence-corrected chi connectivity index (χ4v) is 8.05. The Labute approximate surface area is 205 Å². The van der Waals surface area contributed by atoms with Gasteiger partial charge in [0.15, 0.2) is 15.6 Å². The molecular formula is C24H31ClO8S. The summed E-state index contributed by atoms with van der Waals surface area (Å²) >= 11 is 6.41. The second kappa shape index (κ2) is 10.2. The topological polar surface area (TPSA) is 97.4 Å². The van der Waals surface area contributed by atoms with Crippen LogP contribution in [-0.2, 0) is 44.7 Å². The molecule has 4 rings (SSSR count). The Hall–Kier alpha value is -1.49. The van der Waals surface area contributed by atoms with Gasteiger partial charge in [0.05, 0.1) is 35.9 Å². The molecule has 0 bridgehead atoms. The number of esters is 1. The third kappa shape index (κ3) is 4.66. The van der Waals surface area contributed by atoms with E-state index in [0.29, 0.717) is 23.4 Å². The maximum absolute atomic E-state index is 13.9. The first-order chi connectivity index (χ1) is 16.3. The van der Waals surface area contributed by atoms with Gasteiger partial charge in [-0.15, -0.1) is 0 Å². The summed E-state index contributed by atoms with van der Waals surface area (Å²) in [5.74, 6) is -1.93. The third-order valence-corrected chi connectivity index (χ3v) is 9.58. The highest BCUT2D eigenvalue weighted by atomic mass is 35.5. The average Bonchev–Trinajstić information content (AvgIpc) is 3.38. The van der Waals surface area contributed by atoms with Crippen LogP contribution in [0, 0.1) is 0 Å². The van der Waals surface area contributed by atoms with E-state index >= 15 is 0 Å². The standard InChI is InChI=1S/C24H31ClO8S/c1-4-31-23(26)16-12-24(32-18(13-29-2)19(33-24)14-30-3)11-10-20(16)34(27,28)21-9-8-15-6-5-7-17(25)22(15)21/h5-7,12,18-21H,4,8-11,13-14H2,1-3H3/t18-,19-,20-,21+/m1/s1. The molecule has 1 spiro atoms. The summed E-state index contributed by atoms with van der Waals surface area (Å²) in [5, 5.41) is -1.38. The van der Waals surface area contributed by atoms with Crippen LogP contribution < -0.4 is 0 Å². The number of rotatable bonds is 8. The first-order valence-corrected chi connectivity index (χ1v) is 13.5. The zero-order valence-electron chi connectivity index (χ0n) is 19.6. The molecule has 0 amide bonds. The molecule has 2 aliphatic carbocycles. The Kier molecular flexibility index (Phi) is 7.71. The van der Waals surface area contributed by atoms with Crippen LogP contribution in [-0.4, -0.2) is 71.7 Å². The molecular weight excluding hydrogens is 484 g/mol.